The number of fused-ring (bicyclic) bond motifs is 1. The molecule has 0 saturated carbocycles. The average Bonchev–Trinajstić information content (AvgIpc) is 2.71. The Morgan fingerprint density at radius 2 is 2.32 bits per heavy atom. The van der Waals surface area contributed by atoms with Gasteiger partial charge in [-0.25, -0.2) is 4.39 Å². The first-order valence-electron chi connectivity index (χ1n) is 6.31. The largest absolute Gasteiger partial charge is 0.355 e. The maximum atomic E-state index is 13.2. The number of nitrogens with one attached hydrogen (secondary N) is 1. The van der Waals surface area contributed by atoms with Gasteiger partial charge in [0.15, 0.2) is 0 Å². The standard InChI is InChI=1S/C14H18FN3O/c1-18(2)6-5-16-14(19)7-10-9-17-13-4-3-11(15)8-12(10)13/h3,8-9H,4-7H2,1-2H3,(H,16,19). The maximum absolute atomic E-state index is 13.2. The molecule has 2 aliphatic rings. The Morgan fingerprint density at radius 1 is 1.53 bits per heavy atom. The molecule has 0 fully saturated rings. The molecule has 0 unspecified atom stereocenters. The molecule has 0 spiro atoms. The molecule has 1 amide bonds. The van der Waals surface area contributed by atoms with Crippen LogP contribution in [0.1, 0.15) is 12.8 Å². The summed E-state index contributed by atoms with van der Waals surface area (Å²) in [7, 11) is 3.90. The third-order valence-electron chi connectivity index (χ3n) is 3.04. The molecule has 1 heterocycles. The number of hydrogen-bond acceptors (Lipinski definition) is 3. The first-order chi connectivity index (χ1) is 9.06. The fraction of sp³-hybridized carbons (Fsp3) is 0.429. The third kappa shape index (κ3) is 3.61. The molecule has 2 rings (SSSR count). The number of hydrogen-bond donors (Lipinski definition) is 1. The lowest BCUT2D eigenvalue weighted by atomic mass is 9.95. The maximum Gasteiger partial charge on any atom is 0.224 e. The lowest BCUT2D eigenvalue weighted by Crippen LogP contribution is -2.31. The van der Waals surface area contributed by atoms with Crippen LogP contribution < -0.4 is 5.32 Å². The number of carbonyl (C=O) groups is 1. The van der Waals surface area contributed by atoms with E-state index in [1.165, 1.54) is 12.2 Å². The fourth-order valence-electron chi connectivity index (χ4n) is 2.01. The molecular weight excluding hydrogens is 245 g/mol. The number of likely N-dealkylation sites (N-methyl/N-ethyl adjacent to an activating group) is 1. The summed E-state index contributed by atoms with van der Waals surface area (Å²) in [4.78, 5) is 18.0. The van der Waals surface area contributed by atoms with Crippen molar-refractivity contribution in [2.24, 2.45) is 4.99 Å². The summed E-state index contributed by atoms with van der Waals surface area (Å²) >= 11 is 0. The Labute approximate surface area is 112 Å². The predicted octanol–water partition coefficient (Wildman–Crippen LogP) is 1.58. The van der Waals surface area contributed by atoms with Crippen LogP contribution in [-0.4, -0.2) is 43.7 Å². The lowest BCUT2D eigenvalue weighted by Gasteiger charge is -2.12. The second kappa shape index (κ2) is 5.93. The molecular formula is C14H18FN3O. The van der Waals surface area contributed by atoms with Crippen molar-refractivity contribution >= 4 is 11.6 Å². The molecule has 5 heteroatoms. The first-order valence-corrected chi connectivity index (χ1v) is 6.31. The van der Waals surface area contributed by atoms with E-state index in [1.54, 1.807) is 6.20 Å². The zero-order chi connectivity index (χ0) is 13.8. The van der Waals surface area contributed by atoms with E-state index >= 15 is 0 Å². The van der Waals surface area contributed by atoms with Gasteiger partial charge in [-0.1, -0.05) is 0 Å². The molecule has 0 atom stereocenters. The second-order valence-electron chi connectivity index (χ2n) is 4.91. The molecule has 0 radical (unpaired) electrons. The van der Waals surface area contributed by atoms with Crippen molar-refractivity contribution in [1.82, 2.24) is 10.2 Å². The lowest BCUT2D eigenvalue weighted by molar-refractivity contribution is -0.120. The van der Waals surface area contributed by atoms with Crippen LogP contribution >= 0.6 is 0 Å². The van der Waals surface area contributed by atoms with Gasteiger partial charge >= 0.3 is 0 Å². The van der Waals surface area contributed by atoms with Gasteiger partial charge in [0.25, 0.3) is 0 Å². The molecule has 102 valence electrons. The van der Waals surface area contributed by atoms with E-state index in [4.69, 9.17) is 0 Å². The number of aliphatic imine (C=N–C) groups is 1. The molecule has 19 heavy (non-hydrogen) atoms. The highest BCUT2D eigenvalue weighted by Gasteiger charge is 2.22. The highest BCUT2D eigenvalue weighted by atomic mass is 19.1. The number of nitrogens with zero attached hydrogens (tertiary/aromatic N) is 2. The summed E-state index contributed by atoms with van der Waals surface area (Å²) in [5.74, 6) is -0.310. The number of allylic oxidation sites excluding steroid dienone is 4. The highest BCUT2D eigenvalue weighted by molar-refractivity contribution is 6.09. The molecule has 1 N–H and O–H groups in total. The minimum Gasteiger partial charge on any atom is -0.355 e. The average molecular weight is 263 g/mol. The van der Waals surface area contributed by atoms with E-state index < -0.39 is 0 Å². The number of carbonyl (C=O) groups excluding carboxylic acids is 1. The molecule has 0 aromatic rings. The van der Waals surface area contributed by atoms with Gasteiger partial charge in [0, 0.05) is 31.3 Å². The van der Waals surface area contributed by atoms with Crippen LogP contribution in [0, 0.1) is 0 Å². The van der Waals surface area contributed by atoms with Crippen LogP contribution in [0.2, 0.25) is 0 Å². The van der Waals surface area contributed by atoms with Crippen LogP contribution in [0.5, 0.6) is 0 Å². The summed E-state index contributed by atoms with van der Waals surface area (Å²) in [6, 6.07) is 0. The Hall–Kier alpha value is -1.75. The minimum absolute atomic E-state index is 0.0552. The van der Waals surface area contributed by atoms with Gasteiger partial charge in [0.05, 0.1) is 12.1 Å². The SMILES string of the molecule is CN(C)CCNC(=O)CC1=CN=C2CC=C(F)C=C12. The Bertz CT molecular complexity index is 501. The van der Waals surface area contributed by atoms with Crippen LogP contribution in [-0.2, 0) is 4.79 Å². The van der Waals surface area contributed by atoms with Crippen LogP contribution in [0.3, 0.4) is 0 Å². The van der Waals surface area contributed by atoms with Gasteiger partial charge < -0.3 is 10.2 Å². The number of halogens is 1. The summed E-state index contributed by atoms with van der Waals surface area (Å²) < 4.78 is 13.2. The monoisotopic (exact) mass is 263 g/mol. The van der Waals surface area contributed by atoms with Crippen LogP contribution in [0.25, 0.3) is 0 Å². The first kappa shape index (κ1) is 13.7. The van der Waals surface area contributed by atoms with Gasteiger partial charge in [-0.2, -0.15) is 0 Å². The normalized spacial score (nSPS) is 17.5. The molecule has 0 aromatic carbocycles. The second-order valence-corrected chi connectivity index (χ2v) is 4.91. The van der Waals surface area contributed by atoms with E-state index in [9.17, 15) is 9.18 Å². The van der Waals surface area contributed by atoms with E-state index in [2.05, 4.69) is 10.3 Å². The third-order valence-corrected chi connectivity index (χ3v) is 3.04. The molecule has 4 nitrogen and oxygen atoms in total. The Balaban J connectivity index is 1.87. The van der Waals surface area contributed by atoms with Crippen molar-refractivity contribution < 1.29 is 9.18 Å². The van der Waals surface area contributed by atoms with Gasteiger partial charge in [-0.3, -0.25) is 9.79 Å². The highest BCUT2D eigenvalue weighted by Crippen LogP contribution is 2.29. The van der Waals surface area contributed by atoms with Crippen molar-refractivity contribution in [3.8, 4) is 0 Å². The molecule has 0 bridgehead atoms. The quantitative estimate of drug-likeness (QED) is 0.818. The Kier molecular flexibility index (Phi) is 4.27. The number of rotatable bonds is 5. The van der Waals surface area contributed by atoms with Gasteiger partial charge in [0.1, 0.15) is 5.83 Å². The zero-order valence-corrected chi connectivity index (χ0v) is 11.2. The van der Waals surface area contributed by atoms with Crippen molar-refractivity contribution in [3.05, 3.63) is 35.3 Å². The molecule has 1 aliphatic carbocycles. The van der Waals surface area contributed by atoms with Crippen molar-refractivity contribution in [1.29, 1.82) is 0 Å². The summed E-state index contributed by atoms with van der Waals surface area (Å²) in [5.41, 5.74) is 2.40. The summed E-state index contributed by atoms with van der Waals surface area (Å²) in [6.07, 6.45) is 5.36. The van der Waals surface area contributed by atoms with Gasteiger partial charge in [-0.05, 0) is 31.8 Å². The number of amides is 1. The topological polar surface area (TPSA) is 44.7 Å². The summed E-state index contributed by atoms with van der Waals surface area (Å²) in [6.45, 7) is 1.41. The van der Waals surface area contributed by atoms with Gasteiger partial charge in [0.2, 0.25) is 5.91 Å². The zero-order valence-electron chi connectivity index (χ0n) is 11.2. The predicted molar refractivity (Wildman–Crippen MR) is 73.6 cm³/mol. The van der Waals surface area contributed by atoms with Crippen molar-refractivity contribution in [2.45, 2.75) is 12.8 Å². The summed E-state index contributed by atoms with van der Waals surface area (Å²) in [5, 5.41) is 2.84. The van der Waals surface area contributed by atoms with Gasteiger partial charge in [-0.15, -0.1) is 0 Å². The molecule has 0 aromatic heterocycles. The molecule has 0 saturated heterocycles. The van der Waals surface area contributed by atoms with E-state index in [0.29, 0.717) is 13.0 Å². The van der Waals surface area contributed by atoms with E-state index in [1.807, 2.05) is 19.0 Å². The van der Waals surface area contributed by atoms with E-state index in [-0.39, 0.29) is 18.2 Å². The van der Waals surface area contributed by atoms with Crippen molar-refractivity contribution in [2.75, 3.05) is 27.2 Å². The smallest absolute Gasteiger partial charge is 0.224 e. The Morgan fingerprint density at radius 3 is 3.05 bits per heavy atom. The van der Waals surface area contributed by atoms with Crippen LogP contribution in [0.15, 0.2) is 40.3 Å². The molecule has 1 aliphatic heterocycles. The fourth-order valence-corrected chi connectivity index (χ4v) is 2.01. The van der Waals surface area contributed by atoms with Crippen molar-refractivity contribution in [3.63, 3.8) is 0 Å². The van der Waals surface area contributed by atoms with E-state index in [0.717, 1.165) is 23.4 Å². The van der Waals surface area contributed by atoms with Crippen LogP contribution in [0.4, 0.5) is 4.39 Å². The minimum atomic E-state index is -0.255.